The van der Waals surface area contributed by atoms with Gasteiger partial charge in [0.05, 0.1) is 10.4 Å². The molecule has 3 rings (SSSR count). The third-order valence-corrected chi connectivity index (χ3v) is 6.20. The largest absolute Gasteiger partial charge is 0.321 e. The van der Waals surface area contributed by atoms with Gasteiger partial charge in [-0.15, -0.1) is 0 Å². The van der Waals surface area contributed by atoms with Crippen LogP contribution >= 0.6 is 0 Å². The molecular formula is C21H30N4O3S. The van der Waals surface area contributed by atoms with Crippen molar-refractivity contribution < 1.29 is 13.2 Å². The standard InChI is InChI=1S/C21H30N4O3S/c1-20(2,3)24-29(27,28)16-9-7-8-15(12-16)22-19(26)17-13-18(14-10-11-14)25(23-17)21(4,5)6/h7-9,12-14,24H,10-11H2,1-6H3,(H,22,26). The maximum absolute atomic E-state index is 12.8. The van der Waals surface area contributed by atoms with Crippen molar-refractivity contribution in [1.82, 2.24) is 14.5 Å². The highest BCUT2D eigenvalue weighted by atomic mass is 32.2. The van der Waals surface area contributed by atoms with Crippen molar-refractivity contribution in [3.8, 4) is 0 Å². The fourth-order valence-electron chi connectivity index (χ4n) is 3.11. The van der Waals surface area contributed by atoms with Crippen LogP contribution in [-0.2, 0) is 15.6 Å². The van der Waals surface area contributed by atoms with Crippen LogP contribution in [0.5, 0.6) is 0 Å². The molecule has 8 heteroatoms. The normalized spacial score (nSPS) is 15.4. The van der Waals surface area contributed by atoms with Gasteiger partial charge in [0.1, 0.15) is 0 Å². The number of carbonyl (C=O) groups excluding carboxylic acids is 1. The predicted molar refractivity (Wildman–Crippen MR) is 114 cm³/mol. The van der Waals surface area contributed by atoms with Crippen LogP contribution in [0.3, 0.4) is 0 Å². The number of aromatic nitrogens is 2. The first kappa shape index (κ1) is 21.5. The minimum Gasteiger partial charge on any atom is -0.321 e. The number of nitrogens with zero attached hydrogens (tertiary/aromatic N) is 2. The molecule has 1 aliphatic rings. The monoisotopic (exact) mass is 418 g/mol. The summed E-state index contributed by atoms with van der Waals surface area (Å²) in [5.41, 5.74) is 1.00. The lowest BCUT2D eigenvalue weighted by molar-refractivity contribution is 0.102. The van der Waals surface area contributed by atoms with E-state index < -0.39 is 15.6 Å². The third kappa shape index (κ3) is 5.25. The zero-order chi connectivity index (χ0) is 21.6. The Hall–Kier alpha value is -2.19. The number of benzene rings is 1. The summed E-state index contributed by atoms with van der Waals surface area (Å²) in [5.74, 6) is 0.105. The highest BCUT2D eigenvalue weighted by Crippen LogP contribution is 2.41. The average Bonchev–Trinajstić information content (AvgIpc) is 3.29. The quantitative estimate of drug-likeness (QED) is 0.771. The number of nitrogens with one attached hydrogen (secondary N) is 2. The van der Waals surface area contributed by atoms with Gasteiger partial charge in [0.2, 0.25) is 10.0 Å². The van der Waals surface area contributed by atoms with E-state index in [2.05, 4.69) is 35.9 Å². The molecule has 0 unspecified atom stereocenters. The van der Waals surface area contributed by atoms with Crippen molar-refractivity contribution in [3.63, 3.8) is 0 Å². The molecule has 1 aliphatic carbocycles. The highest BCUT2D eigenvalue weighted by molar-refractivity contribution is 7.89. The van der Waals surface area contributed by atoms with Crippen molar-refractivity contribution in [1.29, 1.82) is 0 Å². The molecule has 0 spiro atoms. The van der Waals surface area contributed by atoms with Gasteiger partial charge in [-0.2, -0.15) is 5.10 Å². The molecule has 1 aromatic carbocycles. The Morgan fingerprint density at radius 2 is 1.76 bits per heavy atom. The molecule has 0 atom stereocenters. The van der Waals surface area contributed by atoms with E-state index in [1.54, 1.807) is 32.9 Å². The Morgan fingerprint density at radius 1 is 1.10 bits per heavy atom. The Bertz CT molecular complexity index is 1020. The van der Waals surface area contributed by atoms with E-state index >= 15 is 0 Å². The van der Waals surface area contributed by atoms with Crippen LogP contribution in [0.4, 0.5) is 5.69 Å². The second-order valence-corrected chi connectivity index (χ2v) is 11.3. The van der Waals surface area contributed by atoms with E-state index in [-0.39, 0.29) is 16.3 Å². The van der Waals surface area contributed by atoms with Crippen molar-refractivity contribution in [3.05, 3.63) is 41.7 Å². The molecule has 7 nitrogen and oxygen atoms in total. The van der Waals surface area contributed by atoms with Crippen molar-refractivity contribution in [2.24, 2.45) is 0 Å². The zero-order valence-corrected chi connectivity index (χ0v) is 18.7. The van der Waals surface area contributed by atoms with E-state index in [0.29, 0.717) is 17.3 Å². The molecule has 1 amide bonds. The molecule has 2 N–H and O–H groups in total. The fourth-order valence-corrected chi connectivity index (χ4v) is 4.58. The van der Waals surface area contributed by atoms with Gasteiger partial charge < -0.3 is 5.32 Å². The van der Waals surface area contributed by atoms with E-state index in [9.17, 15) is 13.2 Å². The van der Waals surface area contributed by atoms with Gasteiger partial charge in [0.25, 0.3) is 5.91 Å². The number of amides is 1. The molecule has 0 bridgehead atoms. The first-order chi connectivity index (χ1) is 13.3. The van der Waals surface area contributed by atoms with E-state index in [1.165, 1.54) is 12.1 Å². The molecular weight excluding hydrogens is 388 g/mol. The van der Waals surface area contributed by atoms with Crippen LogP contribution < -0.4 is 10.0 Å². The lowest BCUT2D eigenvalue weighted by atomic mass is 10.1. The average molecular weight is 419 g/mol. The number of anilines is 1. The smallest absolute Gasteiger partial charge is 0.276 e. The first-order valence-corrected chi connectivity index (χ1v) is 11.3. The molecule has 1 fully saturated rings. The summed E-state index contributed by atoms with van der Waals surface area (Å²) in [4.78, 5) is 12.9. The molecule has 0 saturated heterocycles. The second-order valence-electron chi connectivity index (χ2n) is 9.65. The number of sulfonamides is 1. The van der Waals surface area contributed by atoms with Gasteiger partial charge in [-0.3, -0.25) is 9.48 Å². The SMILES string of the molecule is CC(C)(C)NS(=O)(=O)c1cccc(NC(=O)c2cc(C3CC3)n(C(C)(C)C)n2)c1. The van der Waals surface area contributed by atoms with Crippen LogP contribution in [-0.4, -0.2) is 29.6 Å². The predicted octanol–water partition coefficient (Wildman–Crippen LogP) is 3.84. The van der Waals surface area contributed by atoms with Crippen LogP contribution in [0.25, 0.3) is 0 Å². The van der Waals surface area contributed by atoms with Crippen LogP contribution in [0, 0.1) is 0 Å². The summed E-state index contributed by atoms with van der Waals surface area (Å²) in [6, 6.07) is 8.07. The van der Waals surface area contributed by atoms with Crippen molar-refractivity contribution in [2.75, 3.05) is 5.32 Å². The van der Waals surface area contributed by atoms with Gasteiger partial charge in [0.15, 0.2) is 5.69 Å². The second kappa shape index (κ2) is 7.25. The summed E-state index contributed by atoms with van der Waals surface area (Å²) in [6.07, 6.45) is 2.23. The Labute approximate surface area is 172 Å². The van der Waals surface area contributed by atoms with E-state index in [0.717, 1.165) is 18.5 Å². The molecule has 1 heterocycles. The minimum atomic E-state index is -3.69. The minimum absolute atomic E-state index is 0.101. The number of rotatable bonds is 5. The maximum atomic E-state index is 12.8. The molecule has 0 radical (unpaired) electrons. The maximum Gasteiger partial charge on any atom is 0.276 e. The summed E-state index contributed by atoms with van der Waals surface area (Å²) in [6.45, 7) is 11.5. The summed E-state index contributed by atoms with van der Waals surface area (Å²) in [5, 5.41) is 7.31. The molecule has 0 aliphatic heterocycles. The lowest BCUT2D eigenvalue weighted by Gasteiger charge is -2.22. The van der Waals surface area contributed by atoms with Crippen LogP contribution in [0.1, 0.15) is 76.5 Å². The molecule has 2 aromatic rings. The Balaban J connectivity index is 1.83. The van der Waals surface area contributed by atoms with Crippen molar-refractivity contribution in [2.45, 2.75) is 76.3 Å². The van der Waals surface area contributed by atoms with Gasteiger partial charge in [-0.25, -0.2) is 13.1 Å². The van der Waals surface area contributed by atoms with E-state index in [4.69, 9.17) is 0 Å². The molecule has 29 heavy (non-hydrogen) atoms. The Kier molecular flexibility index (Phi) is 5.38. The summed E-state index contributed by atoms with van der Waals surface area (Å²) in [7, 11) is -3.69. The van der Waals surface area contributed by atoms with Gasteiger partial charge in [-0.05, 0) is 78.6 Å². The molecule has 1 saturated carbocycles. The van der Waals surface area contributed by atoms with Gasteiger partial charge >= 0.3 is 0 Å². The summed E-state index contributed by atoms with van der Waals surface area (Å²) < 4.78 is 29.7. The zero-order valence-electron chi connectivity index (χ0n) is 17.9. The first-order valence-electron chi connectivity index (χ1n) is 9.82. The van der Waals surface area contributed by atoms with E-state index in [1.807, 2.05) is 10.7 Å². The van der Waals surface area contributed by atoms with Gasteiger partial charge in [-0.1, -0.05) is 6.07 Å². The highest BCUT2D eigenvalue weighted by Gasteiger charge is 2.32. The van der Waals surface area contributed by atoms with Crippen molar-refractivity contribution >= 4 is 21.6 Å². The number of carbonyl (C=O) groups is 1. The number of hydrogen-bond donors (Lipinski definition) is 2. The Morgan fingerprint density at radius 3 is 2.31 bits per heavy atom. The third-order valence-electron chi connectivity index (χ3n) is 4.44. The summed E-state index contributed by atoms with van der Waals surface area (Å²) >= 11 is 0. The number of hydrogen-bond acceptors (Lipinski definition) is 4. The molecule has 158 valence electrons. The fraction of sp³-hybridized carbons (Fsp3) is 0.524. The molecule has 1 aromatic heterocycles. The topological polar surface area (TPSA) is 93.1 Å². The van der Waals surface area contributed by atoms with Crippen LogP contribution in [0.2, 0.25) is 0 Å². The van der Waals surface area contributed by atoms with Gasteiger partial charge in [0, 0.05) is 22.8 Å². The lowest BCUT2D eigenvalue weighted by Crippen LogP contribution is -2.40. The van der Waals surface area contributed by atoms with Crippen LogP contribution in [0.15, 0.2) is 35.2 Å².